The molecule has 1 heterocycles. The van der Waals surface area contributed by atoms with Crippen LogP contribution in [0, 0.1) is 0 Å². The lowest BCUT2D eigenvalue weighted by Crippen LogP contribution is -2.35. The van der Waals surface area contributed by atoms with Gasteiger partial charge in [0, 0.05) is 18.7 Å². The Morgan fingerprint density at radius 3 is 2.37 bits per heavy atom. The predicted octanol–water partition coefficient (Wildman–Crippen LogP) is 5.03. The number of hydrogen-bond donors (Lipinski definition) is 1. The molecule has 1 unspecified atom stereocenters. The lowest BCUT2D eigenvalue weighted by atomic mass is 9.95. The molecule has 1 amide bonds. The summed E-state index contributed by atoms with van der Waals surface area (Å²) in [6.45, 7) is 7.44. The van der Waals surface area contributed by atoms with Gasteiger partial charge >= 0.3 is 0 Å². The second-order valence-electron chi connectivity index (χ2n) is 9.95. The summed E-state index contributed by atoms with van der Waals surface area (Å²) in [5.41, 5.74) is 1.13. The van der Waals surface area contributed by atoms with E-state index in [4.69, 9.17) is 14.2 Å². The maximum atomic E-state index is 13.3. The molecule has 0 bridgehead atoms. The summed E-state index contributed by atoms with van der Waals surface area (Å²) in [6, 6.07) is 11.5. The summed E-state index contributed by atoms with van der Waals surface area (Å²) in [6.07, 6.45) is 3.11. The molecule has 1 saturated heterocycles. The van der Waals surface area contributed by atoms with Crippen molar-refractivity contribution in [2.45, 2.75) is 52.2 Å². The number of rotatable bonds is 13. The van der Waals surface area contributed by atoms with Crippen LogP contribution in [0.4, 0.5) is 0 Å². The van der Waals surface area contributed by atoms with Crippen LogP contribution in [0.25, 0.3) is 5.76 Å². The van der Waals surface area contributed by atoms with Crippen molar-refractivity contribution in [3.05, 3.63) is 59.2 Å². The highest BCUT2D eigenvalue weighted by Gasteiger charge is 2.46. The molecular formula is C30H40N2O6. The minimum Gasteiger partial charge on any atom is -0.507 e. The molecule has 1 atom stereocenters. The van der Waals surface area contributed by atoms with Gasteiger partial charge in [0.2, 0.25) is 0 Å². The van der Waals surface area contributed by atoms with E-state index in [-0.39, 0.29) is 17.4 Å². The number of nitrogens with zero attached hydrogens (tertiary/aromatic N) is 2. The molecule has 1 fully saturated rings. The SMILES string of the molecule is CCCCCOc1ccc(C2/C(=C(\O)c3ccc(OC(C)C)cc3)C(=O)C(=O)N2CCN(C)C)cc1OC. The van der Waals surface area contributed by atoms with Crippen molar-refractivity contribution >= 4 is 17.4 Å². The Hall–Kier alpha value is -3.52. The van der Waals surface area contributed by atoms with Crippen LogP contribution >= 0.6 is 0 Å². The van der Waals surface area contributed by atoms with E-state index in [0.29, 0.717) is 48.1 Å². The molecule has 2 aromatic rings. The molecule has 0 radical (unpaired) electrons. The van der Waals surface area contributed by atoms with Crippen LogP contribution in [-0.4, -0.2) is 73.6 Å². The lowest BCUT2D eigenvalue weighted by molar-refractivity contribution is -0.140. The van der Waals surface area contributed by atoms with E-state index < -0.39 is 17.7 Å². The van der Waals surface area contributed by atoms with Gasteiger partial charge in [0.15, 0.2) is 11.5 Å². The number of ketones is 1. The van der Waals surface area contributed by atoms with E-state index in [1.54, 1.807) is 43.5 Å². The van der Waals surface area contributed by atoms with Crippen LogP contribution in [0.3, 0.4) is 0 Å². The van der Waals surface area contributed by atoms with Crippen molar-refractivity contribution in [3.63, 3.8) is 0 Å². The van der Waals surface area contributed by atoms with Crippen LogP contribution in [0.5, 0.6) is 17.2 Å². The first-order valence-corrected chi connectivity index (χ1v) is 13.2. The van der Waals surface area contributed by atoms with Crippen molar-refractivity contribution < 1.29 is 28.9 Å². The third-order valence-electron chi connectivity index (χ3n) is 6.34. The van der Waals surface area contributed by atoms with E-state index in [2.05, 4.69) is 6.92 Å². The van der Waals surface area contributed by atoms with Crippen molar-refractivity contribution in [1.82, 2.24) is 9.80 Å². The first-order chi connectivity index (χ1) is 18.2. The molecule has 1 aliphatic rings. The second kappa shape index (κ2) is 13.3. The molecule has 1 aliphatic heterocycles. The number of Topliss-reactive ketones (excluding diaryl/α,β-unsaturated/α-hetero) is 1. The average Bonchev–Trinajstić information content (AvgIpc) is 3.14. The topological polar surface area (TPSA) is 88.5 Å². The summed E-state index contributed by atoms with van der Waals surface area (Å²) in [5, 5.41) is 11.3. The highest BCUT2D eigenvalue weighted by atomic mass is 16.5. The predicted molar refractivity (Wildman–Crippen MR) is 148 cm³/mol. The van der Waals surface area contributed by atoms with E-state index in [1.165, 1.54) is 4.90 Å². The molecule has 8 nitrogen and oxygen atoms in total. The number of hydrogen-bond acceptors (Lipinski definition) is 7. The third-order valence-corrected chi connectivity index (χ3v) is 6.34. The lowest BCUT2D eigenvalue weighted by Gasteiger charge is -2.27. The average molecular weight is 525 g/mol. The Kier molecular flexibility index (Phi) is 10.2. The van der Waals surface area contributed by atoms with E-state index in [9.17, 15) is 14.7 Å². The van der Waals surface area contributed by atoms with Crippen LogP contribution < -0.4 is 14.2 Å². The van der Waals surface area contributed by atoms with Gasteiger partial charge in [-0.05, 0) is 76.3 Å². The highest BCUT2D eigenvalue weighted by molar-refractivity contribution is 6.46. The number of aliphatic hydroxyl groups is 1. The van der Waals surface area contributed by atoms with Crippen molar-refractivity contribution in [2.24, 2.45) is 0 Å². The van der Waals surface area contributed by atoms with Gasteiger partial charge in [-0.3, -0.25) is 9.59 Å². The zero-order valence-corrected chi connectivity index (χ0v) is 23.3. The van der Waals surface area contributed by atoms with Crippen molar-refractivity contribution in [1.29, 1.82) is 0 Å². The summed E-state index contributed by atoms with van der Waals surface area (Å²) < 4.78 is 17.2. The van der Waals surface area contributed by atoms with Crippen molar-refractivity contribution in [2.75, 3.05) is 40.9 Å². The van der Waals surface area contributed by atoms with Gasteiger partial charge in [0.05, 0.1) is 31.4 Å². The van der Waals surface area contributed by atoms with Gasteiger partial charge in [0.25, 0.3) is 11.7 Å². The number of carbonyl (C=O) groups is 2. The van der Waals surface area contributed by atoms with Crippen LogP contribution in [0.2, 0.25) is 0 Å². The Bertz CT molecular complexity index is 1140. The molecule has 0 saturated carbocycles. The first kappa shape index (κ1) is 29.0. The number of unbranched alkanes of at least 4 members (excludes halogenated alkanes) is 2. The maximum Gasteiger partial charge on any atom is 0.295 e. The quantitative estimate of drug-likeness (QED) is 0.170. The number of ether oxygens (including phenoxy) is 3. The number of methoxy groups -OCH3 is 1. The van der Waals surface area contributed by atoms with Gasteiger partial charge in [-0.1, -0.05) is 25.8 Å². The normalized spacial score (nSPS) is 16.9. The fraction of sp³-hybridized carbons (Fsp3) is 0.467. The Balaban J connectivity index is 2.05. The smallest absolute Gasteiger partial charge is 0.295 e. The largest absolute Gasteiger partial charge is 0.507 e. The fourth-order valence-corrected chi connectivity index (χ4v) is 4.39. The molecule has 206 valence electrons. The molecule has 1 N–H and O–H groups in total. The zero-order chi connectivity index (χ0) is 27.8. The second-order valence-corrected chi connectivity index (χ2v) is 9.95. The van der Waals surface area contributed by atoms with Crippen LogP contribution in [-0.2, 0) is 9.59 Å². The number of likely N-dealkylation sites (tertiary alicyclic amines) is 1. The molecule has 38 heavy (non-hydrogen) atoms. The monoisotopic (exact) mass is 524 g/mol. The molecule has 0 aromatic heterocycles. The highest BCUT2D eigenvalue weighted by Crippen LogP contribution is 2.42. The standard InChI is InChI=1S/C30H40N2O6/c1-7-8-9-18-37-24-15-12-22(19-25(24)36-6)27-26(29(34)30(35)32(27)17-16-31(4)5)28(33)21-10-13-23(14-11-21)38-20(2)3/h10-15,19-20,27,33H,7-9,16-18H2,1-6H3/b28-26+. The van der Waals surface area contributed by atoms with Crippen molar-refractivity contribution in [3.8, 4) is 17.2 Å². The van der Waals surface area contributed by atoms with E-state index >= 15 is 0 Å². The Morgan fingerprint density at radius 2 is 1.76 bits per heavy atom. The summed E-state index contributed by atoms with van der Waals surface area (Å²) >= 11 is 0. The van der Waals surface area contributed by atoms with Crippen LogP contribution in [0.1, 0.15) is 57.2 Å². The van der Waals surface area contributed by atoms with Crippen LogP contribution in [0.15, 0.2) is 48.0 Å². The minimum atomic E-state index is -0.774. The first-order valence-electron chi connectivity index (χ1n) is 13.2. The fourth-order valence-electron chi connectivity index (χ4n) is 4.39. The van der Waals surface area contributed by atoms with Gasteiger partial charge in [-0.25, -0.2) is 0 Å². The summed E-state index contributed by atoms with van der Waals surface area (Å²) in [5.74, 6) is 0.171. The molecular weight excluding hydrogens is 484 g/mol. The number of carbonyl (C=O) groups excluding carboxylic acids is 2. The van der Waals surface area contributed by atoms with Gasteiger partial charge in [-0.15, -0.1) is 0 Å². The van der Waals surface area contributed by atoms with E-state index in [1.807, 2.05) is 38.9 Å². The maximum absolute atomic E-state index is 13.3. The molecule has 0 spiro atoms. The molecule has 3 rings (SSSR count). The summed E-state index contributed by atoms with van der Waals surface area (Å²) in [7, 11) is 5.36. The number of amides is 1. The molecule has 2 aromatic carbocycles. The van der Waals surface area contributed by atoms with Gasteiger partial charge in [-0.2, -0.15) is 0 Å². The Morgan fingerprint density at radius 1 is 1.05 bits per heavy atom. The zero-order valence-electron chi connectivity index (χ0n) is 23.3. The molecule has 0 aliphatic carbocycles. The van der Waals surface area contributed by atoms with E-state index in [0.717, 1.165) is 19.3 Å². The third kappa shape index (κ3) is 6.86. The minimum absolute atomic E-state index is 0.00467. The Labute approximate surface area is 225 Å². The summed E-state index contributed by atoms with van der Waals surface area (Å²) in [4.78, 5) is 29.9. The number of aliphatic hydroxyl groups excluding tert-OH is 1. The number of benzene rings is 2. The van der Waals surface area contributed by atoms with Gasteiger partial charge in [0.1, 0.15) is 11.5 Å². The number of likely N-dealkylation sites (N-methyl/N-ethyl adjacent to an activating group) is 1. The molecule has 8 heteroatoms. The van der Waals surface area contributed by atoms with Gasteiger partial charge < -0.3 is 29.1 Å².